The van der Waals surface area contributed by atoms with Crippen molar-refractivity contribution in [2.24, 2.45) is 4.99 Å². The third kappa shape index (κ3) is 2.28. The van der Waals surface area contributed by atoms with Crippen molar-refractivity contribution in [1.82, 2.24) is 0 Å². The Morgan fingerprint density at radius 2 is 1.96 bits per heavy atom. The van der Waals surface area contributed by atoms with E-state index in [0.29, 0.717) is 0 Å². The largest absolute Gasteiger partial charge is 0.496 e. The lowest BCUT2D eigenvalue weighted by atomic mass is 9.82. The predicted molar refractivity (Wildman–Crippen MR) is 95.2 cm³/mol. The molecule has 1 aliphatic heterocycles. The molecule has 0 spiro atoms. The van der Waals surface area contributed by atoms with Crippen LogP contribution in [0.1, 0.15) is 35.1 Å². The van der Waals surface area contributed by atoms with E-state index in [4.69, 9.17) is 21.3 Å². The lowest BCUT2D eigenvalue weighted by Gasteiger charge is -2.26. The monoisotopic (exact) mass is 325 g/mol. The first-order valence-electron chi connectivity index (χ1n) is 8.13. The number of benzene rings is 2. The van der Waals surface area contributed by atoms with E-state index in [1.54, 1.807) is 7.11 Å². The van der Waals surface area contributed by atoms with Crippen LogP contribution in [-0.4, -0.2) is 19.4 Å². The number of rotatable bonds is 3. The first-order valence-corrected chi connectivity index (χ1v) is 8.51. The van der Waals surface area contributed by atoms with Crippen LogP contribution in [0.3, 0.4) is 0 Å². The van der Waals surface area contributed by atoms with Gasteiger partial charge in [0.1, 0.15) is 5.75 Å². The van der Waals surface area contributed by atoms with Gasteiger partial charge in [-0.05, 0) is 55.0 Å². The highest BCUT2D eigenvalue weighted by Gasteiger charge is 2.51. The second-order valence-electron chi connectivity index (χ2n) is 6.52. The molecule has 1 fully saturated rings. The van der Waals surface area contributed by atoms with Crippen LogP contribution in [0.5, 0.6) is 5.75 Å². The topological polar surface area (TPSA) is 21.6 Å². The fraction of sp³-hybridized carbons (Fsp3) is 0.350. The van der Waals surface area contributed by atoms with E-state index < -0.39 is 0 Å². The molecule has 0 N–H and O–H groups in total. The van der Waals surface area contributed by atoms with Crippen LogP contribution in [0.15, 0.2) is 41.4 Å². The van der Waals surface area contributed by atoms with Crippen LogP contribution in [0.2, 0.25) is 5.02 Å². The average Bonchev–Trinajstić information content (AvgIpc) is 3.35. The van der Waals surface area contributed by atoms with Gasteiger partial charge in [-0.3, -0.25) is 4.99 Å². The lowest BCUT2D eigenvalue weighted by Crippen LogP contribution is -2.27. The van der Waals surface area contributed by atoms with E-state index in [-0.39, 0.29) is 5.41 Å². The lowest BCUT2D eigenvalue weighted by molar-refractivity contribution is 0.411. The molecule has 2 aromatic rings. The number of aryl methyl sites for hydroxylation is 1. The number of ether oxygens (including phenoxy) is 1. The Morgan fingerprint density at radius 3 is 2.65 bits per heavy atom. The first kappa shape index (κ1) is 14.8. The van der Waals surface area contributed by atoms with Gasteiger partial charge < -0.3 is 4.74 Å². The van der Waals surface area contributed by atoms with Gasteiger partial charge in [-0.1, -0.05) is 35.9 Å². The van der Waals surface area contributed by atoms with Crippen LogP contribution in [0.4, 0.5) is 0 Å². The maximum Gasteiger partial charge on any atom is 0.122 e. The highest BCUT2D eigenvalue weighted by Crippen LogP contribution is 2.54. The minimum atomic E-state index is -0.00617. The molecule has 0 radical (unpaired) electrons. The maximum absolute atomic E-state index is 6.50. The van der Waals surface area contributed by atoms with Crippen LogP contribution in [-0.2, 0) is 11.8 Å². The summed E-state index contributed by atoms with van der Waals surface area (Å²) in [6, 6.07) is 12.6. The molecule has 1 saturated carbocycles. The smallest absolute Gasteiger partial charge is 0.122 e. The van der Waals surface area contributed by atoms with Crippen molar-refractivity contribution in [3.8, 4) is 5.75 Å². The Bertz CT molecular complexity index is 805. The number of halogens is 1. The second kappa shape index (κ2) is 5.38. The van der Waals surface area contributed by atoms with Gasteiger partial charge in [0.15, 0.2) is 0 Å². The fourth-order valence-corrected chi connectivity index (χ4v) is 4.10. The summed E-state index contributed by atoms with van der Waals surface area (Å²) < 4.78 is 5.54. The quantitative estimate of drug-likeness (QED) is 0.799. The minimum Gasteiger partial charge on any atom is -0.496 e. The van der Waals surface area contributed by atoms with Crippen molar-refractivity contribution in [2.45, 2.75) is 31.6 Å². The van der Waals surface area contributed by atoms with Crippen molar-refractivity contribution in [3.05, 3.63) is 63.7 Å². The summed E-state index contributed by atoms with van der Waals surface area (Å²) in [5.41, 5.74) is 6.23. The van der Waals surface area contributed by atoms with Crippen molar-refractivity contribution in [3.63, 3.8) is 0 Å². The molecule has 2 aromatic carbocycles. The van der Waals surface area contributed by atoms with E-state index in [9.17, 15) is 0 Å². The molecule has 0 saturated heterocycles. The summed E-state index contributed by atoms with van der Waals surface area (Å²) in [6.45, 7) is 2.96. The van der Waals surface area contributed by atoms with Gasteiger partial charge in [-0.15, -0.1) is 0 Å². The zero-order valence-electron chi connectivity index (χ0n) is 13.5. The second-order valence-corrected chi connectivity index (χ2v) is 6.93. The molecule has 1 aliphatic carbocycles. The van der Waals surface area contributed by atoms with E-state index >= 15 is 0 Å². The number of hydrogen-bond acceptors (Lipinski definition) is 2. The summed E-state index contributed by atoms with van der Waals surface area (Å²) in [6.07, 6.45) is 3.23. The van der Waals surface area contributed by atoms with Gasteiger partial charge in [-0.2, -0.15) is 0 Å². The summed E-state index contributed by atoms with van der Waals surface area (Å²) in [5, 5.41) is 0.846. The number of aliphatic imine (C=N–C) groups is 1. The zero-order chi connectivity index (χ0) is 16.0. The molecule has 0 unspecified atom stereocenters. The van der Waals surface area contributed by atoms with Gasteiger partial charge in [0.05, 0.1) is 12.8 Å². The average molecular weight is 326 g/mol. The molecule has 1 heterocycles. The molecular formula is C20H20ClNO. The normalized spacial score (nSPS) is 18.1. The molecule has 23 heavy (non-hydrogen) atoms. The Labute approximate surface area is 142 Å². The van der Waals surface area contributed by atoms with Crippen molar-refractivity contribution >= 4 is 17.3 Å². The van der Waals surface area contributed by atoms with Crippen molar-refractivity contribution in [2.75, 3.05) is 13.7 Å². The highest BCUT2D eigenvalue weighted by atomic mass is 35.5. The molecule has 0 bridgehead atoms. The number of fused-ring (bicyclic) bond motifs is 1. The molecule has 0 aromatic heterocycles. The van der Waals surface area contributed by atoms with Crippen LogP contribution in [0, 0.1) is 6.92 Å². The Morgan fingerprint density at radius 1 is 1.17 bits per heavy atom. The number of methoxy groups -OCH3 is 1. The van der Waals surface area contributed by atoms with Crippen molar-refractivity contribution in [1.29, 1.82) is 0 Å². The summed E-state index contributed by atoms with van der Waals surface area (Å²) >= 11 is 6.50. The Hall–Kier alpha value is -1.80. The third-order valence-corrected chi connectivity index (χ3v) is 5.45. The summed E-state index contributed by atoms with van der Waals surface area (Å²) in [5.74, 6) is 0.938. The van der Waals surface area contributed by atoms with Crippen molar-refractivity contribution < 1.29 is 4.74 Å². The molecule has 118 valence electrons. The molecule has 2 aliphatic rings. The molecule has 4 rings (SSSR count). The van der Waals surface area contributed by atoms with Gasteiger partial charge in [0.2, 0.25) is 0 Å². The van der Waals surface area contributed by atoms with Crippen LogP contribution >= 0.6 is 11.6 Å². The standard InChI is InChI=1S/C20H20ClNO/c1-13-11-14-7-10-22-19(15(14)12-18(13)23-2)20(8-9-20)16-5-3-4-6-17(16)21/h3-6,11-12H,7-10H2,1-2H3. The molecule has 2 nitrogen and oxygen atoms in total. The molecule has 3 heteroatoms. The first-order chi connectivity index (χ1) is 11.2. The fourth-order valence-electron chi connectivity index (χ4n) is 3.79. The SMILES string of the molecule is COc1cc2c(cc1C)CCN=C2C1(c2ccccc2Cl)CC1. The van der Waals surface area contributed by atoms with E-state index in [1.165, 1.54) is 28.0 Å². The van der Waals surface area contributed by atoms with E-state index in [0.717, 1.165) is 36.6 Å². The highest BCUT2D eigenvalue weighted by molar-refractivity contribution is 6.32. The maximum atomic E-state index is 6.50. The van der Waals surface area contributed by atoms with Gasteiger partial charge in [0.25, 0.3) is 0 Å². The van der Waals surface area contributed by atoms with Crippen LogP contribution < -0.4 is 4.74 Å². The van der Waals surface area contributed by atoms with Gasteiger partial charge in [0, 0.05) is 22.5 Å². The summed E-state index contributed by atoms with van der Waals surface area (Å²) in [7, 11) is 1.73. The van der Waals surface area contributed by atoms with Crippen LogP contribution in [0.25, 0.3) is 0 Å². The van der Waals surface area contributed by atoms with E-state index in [1.807, 2.05) is 12.1 Å². The zero-order valence-corrected chi connectivity index (χ0v) is 14.3. The molecule has 0 atom stereocenters. The summed E-state index contributed by atoms with van der Waals surface area (Å²) in [4.78, 5) is 4.93. The van der Waals surface area contributed by atoms with Gasteiger partial charge in [-0.25, -0.2) is 0 Å². The molecule has 0 amide bonds. The Kier molecular flexibility index (Phi) is 3.46. The Balaban J connectivity index is 1.86. The number of nitrogens with zero attached hydrogens (tertiary/aromatic N) is 1. The van der Waals surface area contributed by atoms with E-state index in [2.05, 4.69) is 31.2 Å². The molecular weight excluding hydrogens is 306 g/mol. The minimum absolute atomic E-state index is 0.00617. The number of hydrogen-bond donors (Lipinski definition) is 0. The van der Waals surface area contributed by atoms with Gasteiger partial charge >= 0.3 is 0 Å². The predicted octanol–water partition coefficient (Wildman–Crippen LogP) is 4.73. The third-order valence-electron chi connectivity index (χ3n) is 5.12.